The van der Waals surface area contributed by atoms with Gasteiger partial charge in [-0.05, 0) is 72.1 Å². The number of amides is 1. The van der Waals surface area contributed by atoms with Crippen LogP contribution in [-0.2, 0) is 4.79 Å². The van der Waals surface area contributed by atoms with Gasteiger partial charge in [0.15, 0.2) is 11.5 Å². The first-order valence-corrected chi connectivity index (χ1v) is 12.6. The molecule has 37 heavy (non-hydrogen) atoms. The molecule has 8 heteroatoms. The third kappa shape index (κ3) is 4.18. The number of nitrogens with zero attached hydrogens (tertiary/aromatic N) is 1. The number of ether oxygens (including phenoxy) is 1. The number of carbonyl (C=O) groups excluding carboxylic acids is 2. The van der Waals surface area contributed by atoms with E-state index in [-0.39, 0.29) is 11.3 Å². The SMILES string of the molecule is O=C(C1=C(O)C(=O)N(c2ccc(Oc3ccccc3)cc2)C1c1cccs1)c1cc2cc(Cl)ccc2o1. The van der Waals surface area contributed by atoms with Gasteiger partial charge in [-0.15, -0.1) is 11.3 Å². The van der Waals surface area contributed by atoms with Gasteiger partial charge in [0.25, 0.3) is 5.91 Å². The van der Waals surface area contributed by atoms with Crippen LogP contribution in [0.25, 0.3) is 11.0 Å². The number of hydrogen-bond acceptors (Lipinski definition) is 6. The lowest BCUT2D eigenvalue weighted by Gasteiger charge is -2.25. The number of para-hydroxylation sites is 1. The van der Waals surface area contributed by atoms with Gasteiger partial charge in [0.05, 0.1) is 5.57 Å². The van der Waals surface area contributed by atoms with E-state index in [0.717, 1.165) is 4.88 Å². The maximum absolute atomic E-state index is 13.7. The molecule has 5 aromatic rings. The quantitative estimate of drug-likeness (QED) is 0.229. The van der Waals surface area contributed by atoms with E-state index in [9.17, 15) is 14.7 Å². The number of hydrogen-bond donors (Lipinski definition) is 1. The maximum atomic E-state index is 13.7. The highest BCUT2D eigenvalue weighted by molar-refractivity contribution is 7.10. The fraction of sp³-hybridized carbons (Fsp3) is 0.0345. The Morgan fingerprint density at radius 1 is 0.946 bits per heavy atom. The van der Waals surface area contributed by atoms with Crippen molar-refractivity contribution in [3.8, 4) is 11.5 Å². The molecule has 0 aliphatic carbocycles. The van der Waals surface area contributed by atoms with E-state index in [0.29, 0.717) is 33.2 Å². The number of ketones is 1. The first-order valence-electron chi connectivity index (χ1n) is 11.4. The Labute approximate surface area is 220 Å². The summed E-state index contributed by atoms with van der Waals surface area (Å²) in [6.07, 6.45) is 0. The zero-order valence-corrected chi connectivity index (χ0v) is 20.7. The van der Waals surface area contributed by atoms with Gasteiger partial charge in [-0.2, -0.15) is 0 Å². The van der Waals surface area contributed by atoms with Gasteiger partial charge in [-0.1, -0.05) is 35.9 Å². The second-order valence-electron chi connectivity index (χ2n) is 8.39. The number of Topliss-reactive ketones (excluding diaryl/α,β-unsaturated/α-hetero) is 1. The van der Waals surface area contributed by atoms with Crippen LogP contribution in [-0.4, -0.2) is 16.8 Å². The van der Waals surface area contributed by atoms with Gasteiger partial charge in [0, 0.05) is 21.0 Å². The minimum Gasteiger partial charge on any atom is -0.503 e. The second kappa shape index (κ2) is 9.28. The van der Waals surface area contributed by atoms with Gasteiger partial charge in [0.1, 0.15) is 23.1 Å². The Morgan fingerprint density at radius 2 is 1.70 bits per heavy atom. The summed E-state index contributed by atoms with van der Waals surface area (Å²) in [5.74, 6) is -0.555. The van der Waals surface area contributed by atoms with Crippen molar-refractivity contribution in [2.24, 2.45) is 0 Å². The number of furan rings is 1. The van der Waals surface area contributed by atoms with Gasteiger partial charge in [-0.3, -0.25) is 14.5 Å². The van der Waals surface area contributed by atoms with E-state index >= 15 is 0 Å². The predicted octanol–water partition coefficient (Wildman–Crippen LogP) is 7.72. The number of anilines is 1. The minimum atomic E-state index is -0.822. The number of halogens is 1. The van der Waals surface area contributed by atoms with Crippen LogP contribution >= 0.6 is 22.9 Å². The molecule has 6 rings (SSSR count). The van der Waals surface area contributed by atoms with Gasteiger partial charge in [0.2, 0.25) is 5.78 Å². The molecule has 1 aliphatic heterocycles. The topological polar surface area (TPSA) is 80.0 Å². The fourth-order valence-corrected chi connectivity index (χ4v) is 5.38. The highest BCUT2D eigenvalue weighted by Gasteiger charge is 2.45. The molecule has 182 valence electrons. The van der Waals surface area contributed by atoms with Crippen LogP contribution in [0.15, 0.2) is 112 Å². The molecule has 3 heterocycles. The summed E-state index contributed by atoms with van der Waals surface area (Å²) in [5, 5.41) is 14.0. The van der Waals surface area contributed by atoms with Crippen molar-refractivity contribution in [3.05, 3.63) is 123 Å². The average molecular weight is 528 g/mol. The molecule has 1 aliphatic rings. The Bertz CT molecular complexity index is 1660. The summed E-state index contributed by atoms with van der Waals surface area (Å²) in [7, 11) is 0. The monoisotopic (exact) mass is 527 g/mol. The first kappa shape index (κ1) is 23.1. The standard InChI is InChI=1S/C29H18ClNO5S/c30-18-8-13-22-17(15-18)16-23(36-22)27(32)25-26(24-7-4-14-37-24)31(29(34)28(25)33)19-9-11-21(12-10-19)35-20-5-2-1-3-6-20/h1-16,26,33H. The Morgan fingerprint density at radius 3 is 2.43 bits per heavy atom. The molecule has 0 saturated heterocycles. The molecule has 0 fully saturated rings. The summed E-state index contributed by atoms with van der Waals surface area (Å²) in [5.41, 5.74) is 0.951. The Kier molecular flexibility index (Phi) is 5.79. The van der Waals surface area contributed by atoms with Gasteiger partial charge >= 0.3 is 0 Å². The number of carbonyl (C=O) groups is 2. The molecule has 1 N–H and O–H groups in total. The van der Waals surface area contributed by atoms with Crippen LogP contribution < -0.4 is 9.64 Å². The molecule has 0 saturated carbocycles. The fourth-order valence-electron chi connectivity index (χ4n) is 4.38. The molecular formula is C29H18ClNO5S. The summed E-state index contributed by atoms with van der Waals surface area (Å²) in [4.78, 5) is 29.1. The van der Waals surface area contributed by atoms with Crippen LogP contribution in [0.4, 0.5) is 5.69 Å². The third-order valence-corrected chi connectivity index (χ3v) is 7.22. The smallest absolute Gasteiger partial charge is 0.294 e. The molecule has 1 unspecified atom stereocenters. The van der Waals surface area contributed by atoms with E-state index in [1.807, 2.05) is 47.8 Å². The van der Waals surface area contributed by atoms with E-state index in [1.54, 1.807) is 48.5 Å². The molecular weight excluding hydrogens is 510 g/mol. The number of fused-ring (bicyclic) bond motifs is 1. The van der Waals surface area contributed by atoms with Gasteiger partial charge < -0.3 is 14.3 Å². The van der Waals surface area contributed by atoms with Crippen LogP contribution in [0.3, 0.4) is 0 Å². The molecule has 0 spiro atoms. The lowest BCUT2D eigenvalue weighted by Crippen LogP contribution is -2.30. The van der Waals surface area contributed by atoms with E-state index < -0.39 is 23.5 Å². The molecule has 1 amide bonds. The molecule has 0 radical (unpaired) electrons. The largest absolute Gasteiger partial charge is 0.503 e. The number of benzene rings is 3. The van der Waals surface area contributed by atoms with Crippen molar-refractivity contribution >= 4 is 51.3 Å². The summed E-state index contributed by atoms with van der Waals surface area (Å²) < 4.78 is 11.6. The molecule has 2 aromatic heterocycles. The van der Waals surface area contributed by atoms with Crippen LogP contribution in [0, 0.1) is 0 Å². The van der Waals surface area contributed by atoms with E-state index in [1.165, 1.54) is 16.2 Å². The number of rotatable bonds is 6. The van der Waals surface area contributed by atoms with Crippen molar-refractivity contribution in [1.82, 2.24) is 0 Å². The van der Waals surface area contributed by atoms with Crippen molar-refractivity contribution in [2.75, 3.05) is 4.90 Å². The zero-order valence-electron chi connectivity index (χ0n) is 19.1. The third-order valence-electron chi connectivity index (χ3n) is 6.06. The van der Waals surface area contributed by atoms with Crippen LogP contribution in [0.5, 0.6) is 11.5 Å². The van der Waals surface area contributed by atoms with Crippen LogP contribution in [0.2, 0.25) is 5.02 Å². The van der Waals surface area contributed by atoms with Gasteiger partial charge in [-0.25, -0.2) is 0 Å². The van der Waals surface area contributed by atoms with Crippen molar-refractivity contribution in [2.45, 2.75) is 6.04 Å². The normalized spacial score (nSPS) is 15.5. The second-order valence-corrected chi connectivity index (χ2v) is 9.80. The number of aliphatic hydroxyl groups is 1. The molecule has 3 aromatic carbocycles. The van der Waals surface area contributed by atoms with E-state index in [2.05, 4.69) is 0 Å². The number of thiophene rings is 1. The first-order chi connectivity index (χ1) is 18.0. The van der Waals surface area contributed by atoms with Crippen molar-refractivity contribution in [1.29, 1.82) is 0 Å². The summed E-state index contributed by atoms with van der Waals surface area (Å²) in [6, 6.07) is 25.7. The molecule has 1 atom stereocenters. The van der Waals surface area contributed by atoms with Crippen LogP contribution in [0.1, 0.15) is 21.5 Å². The molecule has 0 bridgehead atoms. The maximum Gasteiger partial charge on any atom is 0.294 e. The zero-order chi connectivity index (χ0) is 25.5. The van der Waals surface area contributed by atoms with E-state index in [4.69, 9.17) is 20.8 Å². The lowest BCUT2D eigenvalue weighted by atomic mass is 10.00. The highest BCUT2D eigenvalue weighted by atomic mass is 35.5. The lowest BCUT2D eigenvalue weighted by molar-refractivity contribution is -0.117. The summed E-state index contributed by atoms with van der Waals surface area (Å²) in [6.45, 7) is 0. The summed E-state index contributed by atoms with van der Waals surface area (Å²) >= 11 is 7.46. The molecule has 6 nitrogen and oxygen atoms in total. The Balaban J connectivity index is 1.37. The Hall–Kier alpha value is -4.33. The number of aliphatic hydroxyl groups excluding tert-OH is 1. The average Bonchev–Trinajstić information content (AvgIpc) is 3.64. The highest BCUT2D eigenvalue weighted by Crippen LogP contribution is 2.44. The van der Waals surface area contributed by atoms with Crippen molar-refractivity contribution < 1.29 is 23.8 Å². The minimum absolute atomic E-state index is 0.0154. The predicted molar refractivity (Wildman–Crippen MR) is 143 cm³/mol. The van der Waals surface area contributed by atoms with Crippen molar-refractivity contribution in [3.63, 3.8) is 0 Å².